The lowest BCUT2D eigenvalue weighted by Gasteiger charge is -2.18. The smallest absolute Gasteiger partial charge is 0.306 e. The molecular weight excluding hydrogens is 1020 g/mol. The molecule has 0 N–H and O–H groups in total. The van der Waals surface area contributed by atoms with Gasteiger partial charge in [0.25, 0.3) is 0 Å². The summed E-state index contributed by atoms with van der Waals surface area (Å²) in [5, 5.41) is 0. The molecular formula is C77H130O6. The van der Waals surface area contributed by atoms with Crippen molar-refractivity contribution in [2.24, 2.45) is 0 Å². The van der Waals surface area contributed by atoms with E-state index < -0.39 is 6.10 Å². The molecule has 0 radical (unpaired) electrons. The van der Waals surface area contributed by atoms with Gasteiger partial charge in [-0.2, -0.15) is 0 Å². The van der Waals surface area contributed by atoms with Crippen LogP contribution in [0.1, 0.15) is 329 Å². The first-order chi connectivity index (χ1) is 41.0. The predicted molar refractivity (Wildman–Crippen MR) is 362 cm³/mol. The highest BCUT2D eigenvalue weighted by Gasteiger charge is 2.19. The van der Waals surface area contributed by atoms with Crippen LogP contribution in [0, 0.1) is 0 Å². The van der Waals surface area contributed by atoms with Gasteiger partial charge in [-0.3, -0.25) is 14.4 Å². The molecule has 1 unspecified atom stereocenters. The first-order valence-electron chi connectivity index (χ1n) is 35.0. The zero-order valence-electron chi connectivity index (χ0n) is 54.4. The maximum atomic E-state index is 12.9. The van der Waals surface area contributed by atoms with Gasteiger partial charge < -0.3 is 14.2 Å². The Labute approximate surface area is 513 Å². The van der Waals surface area contributed by atoms with Gasteiger partial charge in [0.1, 0.15) is 13.2 Å². The Morgan fingerprint density at radius 1 is 0.253 bits per heavy atom. The lowest BCUT2D eigenvalue weighted by molar-refractivity contribution is -0.166. The number of carbonyl (C=O) groups excluding carboxylic acids is 3. The number of allylic oxidation sites excluding steroid dienone is 20. The Bertz CT molecular complexity index is 1700. The molecule has 0 heterocycles. The van der Waals surface area contributed by atoms with Crippen molar-refractivity contribution in [1.29, 1.82) is 0 Å². The molecule has 474 valence electrons. The molecule has 6 nitrogen and oxygen atoms in total. The molecule has 0 aliphatic carbocycles. The van der Waals surface area contributed by atoms with Crippen LogP contribution in [0.5, 0.6) is 0 Å². The minimum absolute atomic E-state index is 0.100. The molecule has 0 aromatic rings. The monoisotopic (exact) mass is 1150 g/mol. The Morgan fingerprint density at radius 2 is 0.494 bits per heavy atom. The number of hydrogen-bond acceptors (Lipinski definition) is 6. The molecule has 0 aliphatic heterocycles. The zero-order valence-corrected chi connectivity index (χ0v) is 54.4. The van der Waals surface area contributed by atoms with Crippen molar-refractivity contribution in [3.8, 4) is 0 Å². The van der Waals surface area contributed by atoms with Crippen LogP contribution in [0.4, 0.5) is 0 Å². The van der Waals surface area contributed by atoms with Gasteiger partial charge in [-0.25, -0.2) is 0 Å². The molecule has 0 spiro atoms. The standard InChI is InChI=1S/C77H130O6/c1-4-7-10-13-16-19-22-25-27-29-31-32-33-34-35-36-37-38-39-40-41-42-43-44-46-47-49-52-55-58-61-64-67-70-76(79)82-73-74(72-81-75(78)69-66-63-60-57-54-51-24-21-18-15-12-9-6-3)83-77(80)71-68-65-62-59-56-53-50-48-45-30-28-26-23-20-17-14-11-8-5-2/h7,9-10,12,16-21,25-28,31-32,51,54,60,63,74H,4-6,8,11,13-15,22-24,29-30,33-50,52-53,55-59,61-62,64-73H2,1-3H3/b10-7-,12-9-,19-16-,20-17-,21-18-,27-25-,28-26-,32-31-,54-51-,63-60-. The lowest BCUT2D eigenvalue weighted by Crippen LogP contribution is -2.30. The highest BCUT2D eigenvalue weighted by molar-refractivity contribution is 5.71. The second-order valence-electron chi connectivity index (χ2n) is 23.0. The average Bonchev–Trinajstić information content (AvgIpc) is 3.49. The summed E-state index contributed by atoms with van der Waals surface area (Å²) in [5.74, 6) is -0.979. The van der Waals surface area contributed by atoms with Crippen LogP contribution in [0.2, 0.25) is 0 Å². The van der Waals surface area contributed by atoms with E-state index in [1.54, 1.807) is 0 Å². The van der Waals surface area contributed by atoms with E-state index in [2.05, 4.69) is 136 Å². The Morgan fingerprint density at radius 3 is 0.807 bits per heavy atom. The summed E-state index contributed by atoms with van der Waals surface area (Å²) in [7, 11) is 0. The van der Waals surface area contributed by atoms with Crippen LogP contribution < -0.4 is 0 Å². The summed E-state index contributed by atoms with van der Waals surface area (Å²) in [6, 6.07) is 0. The molecule has 0 rings (SSSR count). The number of esters is 3. The summed E-state index contributed by atoms with van der Waals surface area (Å²) in [6.45, 7) is 6.35. The molecule has 0 aliphatic rings. The molecule has 6 heteroatoms. The minimum Gasteiger partial charge on any atom is -0.462 e. The van der Waals surface area contributed by atoms with Crippen LogP contribution in [0.15, 0.2) is 122 Å². The summed E-state index contributed by atoms with van der Waals surface area (Å²) in [5.41, 5.74) is 0. The molecule has 0 fully saturated rings. The molecule has 0 aromatic carbocycles. The third kappa shape index (κ3) is 68.5. The van der Waals surface area contributed by atoms with Crippen molar-refractivity contribution in [2.75, 3.05) is 13.2 Å². The zero-order chi connectivity index (χ0) is 59.9. The molecule has 0 aromatic heterocycles. The van der Waals surface area contributed by atoms with E-state index >= 15 is 0 Å². The van der Waals surface area contributed by atoms with Crippen LogP contribution in [0.3, 0.4) is 0 Å². The summed E-state index contributed by atoms with van der Waals surface area (Å²) >= 11 is 0. The number of hydrogen-bond donors (Lipinski definition) is 0. The maximum absolute atomic E-state index is 12.9. The first-order valence-corrected chi connectivity index (χ1v) is 35.0. The molecule has 0 bridgehead atoms. The van der Waals surface area contributed by atoms with Gasteiger partial charge >= 0.3 is 17.9 Å². The van der Waals surface area contributed by atoms with Crippen LogP contribution >= 0.6 is 0 Å². The van der Waals surface area contributed by atoms with Gasteiger partial charge in [-0.15, -0.1) is 0 Å². The molecule has 83 heavy (non-hydrogen) atoms. The van der Waals surface area contributed by atoms with E-state index in [1.807, 2.05) is 6.08 Å². The number of carbonyl (C=O) groups is 3. The van der Waals surface area contributed by atoms with Crippen LogP contribution in [-0.4, -0.2) is 37.2 Å². The van der Waals surface area contributed by atoms with Crippen molar-refractivity contribution in [3.63, 3.8) is 0 Å². The number of unbranched alkanes of at least 4 members (excludes halogenated alkanes) is 32. The second kappa shape index (κ2) is 70.3. The highest BCUT2D eigenvalue weighted by Crippen LogP contribution is 2.17. The fraction of sp³-hybridized carbons (Fsp3) is 0.701. The van der Waals surface area contributed by atoms with Crippen LogP contribution in [-0.2, 0) is 28.6 Å². The van der Waals surface area contributed by atoms with Gasteiger partial charge in [-0.1, -0.05) is 316 Å². The van der Waals surface area contributed by atoms with Crippen molar-refractivity contribution in [3.05, 3.63) is 122 Å². The van der Waals surface area contributed by atoms with Crippen molar-refractivity contribution < 1.29 is 28.6 Å². The van der Waals surface area contributed by atoms with Crippen molar-refractivity contribution in [2.45, 2.75) is 335 Å². The minimum atomic E-state index is -0.811. The van der Waals surface area contributed by atoms with Crippen molar-refractivity contribution >= 4 is 17.9 Å². The first kappa shape index (κ1) is 78.8. The van der Waals surface area contributed by atoms with E-state index in [0.29, 0.717) is 19.3 Å². The summed E-state index contributed by atoms with van der Waals surface area (Å²) in [4.78, 5) is 38.3. The molecule has 0 saturated carbocycles. The lowest BCUT2D eigenvalue weighted by atomic mass is 10.0. The maximum Gasteiger partial charge on any atom is 0.306 e. The van der Waals surface area contributed by atoms with E-state index in [1.165, 1.54) is 186 Å². The third-order valence-corrected chi connectivity index (χ3v) is 14.9. The van der Waals surface area contributed by atoms with Crippen molar-refractivity contribution in [1.82, 2.24) is 0 Å². The Balaban J connectivity index is 4.21. The second-order valence-corrected chi connectivity index (χ2v) is 23.0. The molecule has 0 saturated heterocycles. The van der Waals surface area contributed by atoms with Gasteiger partial charge in [0.15, 0.2) is 6.10 Å². The van der Waals surface area contributed by atoms with Crippen LogP contribution in [0.25, 0.3) is 0 Å². The Kier molecular flexibility index (Phi) is 66.7. The fourth-order valence-corrected chi connectivity index (χ4v) is 9.77. The quantitative estimate of drug-likeness (QED) is 0.0261. The van der Waals surface area contributed by atoms with Gasteiger partial charge in [0.05, 0.1) is 0 Å². The fourth-order valence-electron chi connectivity index (χ4n) is 9.77. The van der Waals surface area contributed by atoms with E-state index in [0.717, 1.165) is 96.3 Å². The molecule has 1 atom stereocenters. The number of ether oxygens (including phenoxy) is 3. The number of rotatable bonds is 63. The highest BCUT2D eigenvalue weighted by atomic mass is 16.6. The summed E-state index contributed by atoms with van der Waals surface area (Å²) in [6.07, 6.45) is 98.3. The largest absolute Gasteiger partial charge is 0.462 e. The van der Waals surface area contributed by atoms with E-state index in [4.69, 9.17) is 14.2 Å². The van der Waals surface area contributed by atoms with E-state index in [-0.39, 0.29) is 37.5 Å². The SMILES string of the molecule is CC/C=C\C/C=C\C/C=C\C/C=C\CCCCCCCCCCCCCCCCCCCCCCC(=O)OCC(COC(=O)CC/C=C\C/C=C\C/C=C\C/C=C\CC)OC(=O)CCCCCCCCCCC/C=C\C/C=C\CCCCC. The third-order valence-electron chi connectivity index (χ3n) is 14.9. The summed E-state index contributed by atoms with van der Waals surface area (Å²) < 4.78 is 16.9. The normalized spacial score (nSPS) is 12.9. The predicted octanol–water partition coefficient (Wildman–Crippen LogP) is 24.3. The van der Waals surface area contributed by atoms with Gasteiger partial charge in [0.2, 0.25) is 0 Å². The average molecular weight is 1150 g/mol. The van der Waals surface area contributed by atoms with E-state index in [9.17, 15) is 14.4 Å². The van der Waals surface area contributed by atoms with Gasteiger partial charge in [-0.05, 0) is 116 Å². The van der Waals surface area contributed by atoms with Gasteiger partial charge in [0, 0.05) is 19.3 Å². The Hall–Kier alpha value is -4.19. The molecule has 0 amide bonds. The topological polar surface area (TPSA) is 78.9 Å².